The molecule has 1 unspecified atom stereocenters. The van der Waals surface area contributed by atoms with Gasteiger partial charge in [0.15, 0.2) is 17.2 Å². The molecule has 2 aromatic rings. The van der Waals surface area contributed by atoms with Crippen molar-refractivity contribution in [3.05, 3.63) is 66.0 Å². The molecule has 0 bridgehead atoms. The van der Waals surface area contributed by atoms with Gasteiger partial charge in [-0.25, -0.2) is 9.18 Å². The number of esters is 2. The number of amides is 2. The molecule has 2 aliphatic rings. The first-order valence-corrected chi connectivity index (χ1v) is 13.5. The summed E-state index contributed by atoms with van der Waals surface area (Å²) in [6.45, 7) is 2.38. The molecule has 2 atom stereocenters. The second-order valence-corrected chi connectivity index (χ2v) is 9.93. The third-order valence-electron chi connectivity index (χ3n) is 6.83. The highest BCUT2D eigenvalue weighted by molar-refractivity contribution is 5.78. The largest absolute Gasteiger partial charge is 0.463 e. The van der Waals surface area contributed by atoms with Gasteiger partial charge < -0.3 is 29.6 Å². The van der Waals surface area contributed by atoms with Crippen LogP contribution < -0.4 is 15.4 Å². The summed E-state index contributed by atoms with van der Waals surface area (Å²) in [4.78, 5) is 51.1. The number of nitrogens with one attached hydrogen (secondary N) is 2. The van der Waals surface area contributed by atoms with E-state index in [1.165, 1.54) is 30.0 Å². The zero-order valence-corrected chi connectivity index (χ0v) is 22.8. The molecule has 11 nitrogen and oxygen atoms in total. The summed E-state index contributed by atoms with van der Waals surface area (Å²) in [7, 11) is 0. The summed E-state index contributed by atoms with van der Waals surface area (Å²) in [5.41, 5.74) is -0.556. The highest BCUT2D eigenvalue weighted by atomic mass is 19.1. The van der Waals surface area contributed by atoms with Crippen LogP contribution in [-0.2, 0) is 35.2 Å². The maximum Gasteiger partial charge on any atom is 0.413 e. The van der Waals surface area contributed by atoms with Crippen LogP contribution in [0.15, 0.2) is 54.6 Å². The van der Waals surface area contributed by atoms with Gasteiger partial charge in [-0.3, -0.25) is 19.3 Å². The van der Waals surface area contributed by atoms with Gasteiger partial charge in [0.2, 0.25) is 12.1 Å². The molecule has 12 heteroatoms. The molecule has 2 aliphatic heterocycles. The molecule has 2 aromatic carbocycles. The number of carbonyl (C=O) groups excluding carboxylic acids is 4. The van der Waals surface area contributed by atoms with E-state index in [4.69, 9.17) is 18.9 Å². The van der Waals surface area contributed by atoms with Crippen LogP contribution >= 0.6 is 0 Å². The number of hydrogen-bond donors (Lipinski definition) is 2. The Labute approximate surface area is 237 Å². The lowest BCUT2D eigenvalue weighted by Crippen LogP contribution is -2.62. The summed E-state index contributed by atoms with van der Waals surface area (Å²) in [6, 6.07) is 14.9. The van der Waals surface area contributed by atoms with Crippen molar-refractivity contribution in [2.24, 2.45) is 0 Å². The van der Waals surface area contributed by atoms with Crippen molar-refractivity contribution in [2.45, 2.75) is 57.1 Å². The van der Waals surface area contributed by atoms with E-state index in [0.29, 0.717) is 13.1 Å². The SMILES string of the molecule is CC(=O)NC[C@H]1CN(C(Oc2ccccc2F)C2(OC(=O)CCC(=O)OCc3ccccc3)CCNCC2)C(=O)O1. The minimum atomic E-state index is -1.37. The van der Waals surface area contributed by atoms with E-state index in [1.54, 1.807) is 6.07 Å². The highest BCUT2D eigenvalue weighted by Gasteiger charge is 2.52. The van der Waals surface area contributed by atoms with Gasteiger partial charge in [-0.1, -0.05) is 42.5 Å². The van der Waals surface area contributed by atoms with E-state index >= 15 is 0 Å². The zero-order chi connectivity index (χ0) is 29.2. The van der Waals surface area contributed by atoms with E-state index in [1.807, 2.05) is 30.3 Å². The first kappa shape index (κ1) is 29.8. The first-order chi connectivity index (χ1) is 19.8. The van der Waals surface area contributed by atoms with Crippen molar-refractivity contribution in [3.63, 3.8) is 0 Å². The van der Waals surface area contributed by atoms with Gasteiger partial charge in [-0.15, -0.1) is 0 Å². The molecule has 4 rings (SSSR count). The minimum Gasteiger partial charge on any atom is -0.463 e. The molecule has 220 valence electrons. The number of benzene rings is 2. The van der Waals surface area contributed by atoms with E-state index in [-0.39, 0.29) is 57.0 Å². The van der Waals surface area contributed by atoms with Gasteiger partial charge >= 0.3 is 18.0 Å². The number of cyclic esters (lactones) is 1. The van der Waals surface area contributed by atoms with Gasteiger partial charge in [-0.2, -0.15) is 0 Å². The van der Waals surface area contributed by atoms with E-state index in [0.717, 1.165) is 5.56 Å². The molecule has 0 spiro atoms. The van der Waals surface area contributed by atoms with Gasteiger partial charge in [0.25, 0.3) is 0 Å². The first-order valence-electron chi connectivity index (χ1n) is 13.5. The number of hydrogen-bond acceptors (Lipinski definition) is 9. The summed E-state index contributed by atoms with van der Waals surface area (Å²) < 4.78 is 37.5. The molecule has 0 aromatic heterocycles. The predicted octanol–water partition coefficient (Wildman–Crippen LogP) is 2.68. The van der Waals surface area contributed by atoms with Crippen LogP contribution in [0.2, 0.25) is 0 Å². The standard InChI is InChI=1S/C29H34FN3O8/c1-20(34)32-17-22-18-33(28(37)39-22)27(40-24-10-6-5-9-23(24)30)29(13-15-31-16-14-29)41-26(36)12-11-25(35)38-19-21-7-3-2-4-8-21/h2-10,22,27,31H,11-19H2,1H3,(H,32,34)/t22-,27?/m0/s1. The Morgan fingerprint density at radius 3 is 2.46 bits per heavy atom. The maximum absolute atomic E-state index is 14.7. The number of rotatable bonds is 12. The number of ether oxygens (including phenoxy) is 4. The number of para-hydroxylation sites is 1. The number of nitrogens with zero attached hydrogens (tertiary/aromatic N) is 1. The lowest BCUT2D eigenvalue weighted by molar-refractivity contribution is -0.190. The lowest BCUT2D eigenvalue weighted by atomic mass is 9.89. The minimum absolute atomic E-state index is 0.0107. The average Bonchev–Trinajstić information content (AvgIpc) is 3.34. The third-order valence-corrected chi connectivity index (χ3v) is 6.83. The topological polar surface area (TPSA) is 132 Å². The molecular weight excluding hydrogens is 537 g/mol. The molecule has 2 fully saturated rings. The fraction of sp³-hybridized carbons (Fsp3) is 0.448. The van der Waals surface area contributed by atoms with Gasteiger partial charge in [-0.05, 0) is 30.8 Å². The van der Waals surface area contributed by atoms with E-state index in [9.17, 15) is 23.6 Å². The molecule has 2 saturated heterocycles. The van der Waals surface area contributed by atoms with Crippen molar-refractivity contribution in [3.8, 4) is 5.75 Å². The fourth-order valence-corrected chi connectivity index (χ4v) is 4.75. The monoisotopic (exact) mass is 571 g/mol. The Morgan fingerprint density at radius 1 is 1.07 bits per heavy atom. The van der Waals surface area contributed by atoms with Crippen LogP contribution in [0.25, 0.3) is 0 Å². The van der Waals surface area contributed by atoms with E-state index < -0.39 is 41.8 Å². The highest BCUT2D eigenvalue weighted by Crippen LogP contribution is 2.36. The van der Waals surface area contributed by atoms with Gasteiger partial charge in [0.05, 0.1) is 25.9 Å². The van der Waals surface area contributed by atoms with Crippen LogP contribution in [0.4, 0.5) is 9.18 Å². The van der Waals surface area contributed by atoms with Crippen molar-refractivity contribution < 1.29 is 42.5 Å². The predicted molar refractivity (Wildman–Crippen MR) is 143 cm³/mol. The zero-order valence-electron chi connectivity index (χ0n) is 22.8. The molecular formula is C29H34FN3O8. The Morgan fingerprint density at radius 2 is 1.76 bits per heavy atom. The van der Waals surface area contributed by atoms with Gasteiger partial charge in [0.1, 0.15) is 12.7 Å². The van der Waals surface area contributed by atoms with Crippen molar-refractivity contribution in [1.29, 1.82) is 0 Å². The lowest BCUT2D eigenvalue weighted by Gasteiger charge is -2.44. The molecule has 0 radical (unpaired) electrons. The summed E-state index contributed by atoms with van der Waals surface area (Å²) in [5.74, 6) is -2.32. The van der Waals surface area contributed by atoms with Crippen molar-refractivity contribution >= 4 is 23.9 Å². The molecule has 2 amide bonds. The second-order valence-electron chi connectivity index (χ2n) is 9.93. The van der Waals surface area contributed by atoms with Crippen LogP contribution in [0, 0.1) is 5.82 Å². The average molecular weight is 572 g/mol. The normalized spacial score (nSPS) is 18.6. The molecule has 0 saturated carbocycles. The molecule has 0 aliphatic carbocycles. The summed E-state index contributed by atoms with van der Waals surface area (Å²) in [6.07, 6.45) is -2.65. The number of piperidine rings is 1. The van der Waals surface area contributed by atoms with E-state index in [2.05, 4.69) is 10.6 Å². The maximum atomic E-state index is 14.7. The van der Waals surface area contributed by atoms with Crippen LogP contribution in [-0.4, -0.2) is 73.0 Å². The molecule has 2 N–H and O–H groups in total. The Kier molecular flexibility index (Phi) is 10.1. The third kappa shape index (κ3) is 8.16. The Hall–Kier alpha value is -4.19. The van der Waals surface area contributed by atoms with Crippen molar-refractivity contribution in [2.75, 3.05) is 26.2 Å². The summed E-state index contributed by atoms with van der Waals surface area (Å²) >= 11 is 0. The Balaban J connectivity index is 1.49. The molecule has 41 heavy (non-hydrogen) atoms. The van der Waals surface area contributed by atoms with Crippen LogP contribution in [0.1, 0.15) is 38.2 Å². The molecule has 2 heterocycles. The quantitative estimate of drug-likeness (QED) is 0.291. The van der Waals surface area contributed by atoms with Gasteiger partial charge in [0, 0.05) is 19.8 Å². The summed E-state index contributed by atoms with van der Waals surface area (Å²) in [5, 5.41) is 5.80. The Bertz CT molecular complexity index is 1220. The number of carbonyl (C=O) groups is 4. The smallest absolute Gasteiger partial charge is 0.413 e. The number of halogens is 1. The van der Waals surface area contributed by atoms with Crippen LogP contribution in [0.5, 0.6) is 5.75 Å². The van der Waals surface area contributed by atoms with Crippen LogP contribution in [0.3, 0.4) is 0 Å². The second kappa shape index (κ2) is 13.9. The van der Waals surface area contributed by atoms with Crippen molar-refractivity contribution in [1.82, 2.24) is 15.5 Å². The fourth-order valence-electron chi connectivity index (χ4n) is 4.75.